The number of unbranched alkanes of at least 4 members (excludes halogenated alkanes) is 1. The maximum absolute atomic E-state index is 5.53. The van der Waals surface area contributed by atoms with Crippen molar-refractivity contribution in [1.29, 1.82) is 0 Å². The third-order valence-electron chi connectivity index (χ3n) is 2.53. The number of hydrogen-bond acceptors (Lipinski definition) is 1. The summed E-state index contributed by atoms with van der Waals surface area (Å²) in [7, 11) is 0. The van der Waals surface area contributed by atoms with Crippen LogP contribution in [-0.2, 0) is 4.74 Å². The molecule has 0 saturated carbocycles. The van der Waals surface area contributed by atoms with Crippen LogP contribution in [0.25, 0.3) is 0 Å². The van der Waals surface area contributed by atoms with Gasteiger partial charge in [-0.05, 0) is 25.3 Å². The summed E-state index contributed by atoms with van der Waals surface area (Å²) in [6.07, 6.45) is 5.16. The fourth-order valence-electron chi connectivity index (χ4n) is 1.60. The van der Waals surface area contributed by atoms with E-state index in [1.807, 2.05) is 0 Å². The van der Waals surface area contributed by atoms with Crippen LogP contribution < -0.4 is 0 Å². The molecule has 0 unspecified atom stereocenters. The van der Waals surface area contributed by atoms with Gasteiger partial charge in [0.2, 0.25) is 0 Å². The second kappa shape index (κ2) is 6.28. The molecule has 0 aliphatic carbocycles. The Morgan fingerprint density at radius 2 is 2.00 bits per heavy atom. The van der Waals surface area contributed by atoms with Crippen LogP contribution >= 0.6 is 0 Å². The van der Waals surface area contributed by atoms with E-state index in [9.17, 15) is 0 Å². The molecule has 1 rings (SSSR count). The monoisotopic (exact) mass is 204 g/mol. The van der Waals surface area contributed by atoms with Crippen LogP contribution in [0.3, 0.4) is 0 Å². The Kier molecular flexibility index (Phi) is 4.96. The Morgan fingerprint density at radius 1 is 1.33 bits per heavy atom. The van der Waals surface area contributed by atoms with Crippen molar-refractivity contribution in [3.8, 4) is 0 Å². The predicted molar refractivity (Wildman–Crippen MR) is 64.7 cm³/mol. The molecular weight excluding hydrogens is 184 g/mol. The zero-order chi connectivity index (χ0) is 11.1. The van der Waals surface area contributed by atoms with Gasteiger partial charge in [0.15, 0.2) is 0 Å². The lowest BCUT2D eigenvalue weighted by molar-refractivity contribution is 0.135. The maximum Gasteiger partial charge on any atom is 0.123 e. The molecule has 0 radical (unpaired) electrons. The van der Waals surface area contributed by atoms with Crippen molar-refractivity contribution in [2.45, 2.75) is 39.2 Å². The highest BCUT2D eigenvalue weighted by Crippen LogP contribution is 2.23. The summed E-state index contributed by atoms with van der Waals surface area (Å²) in [5.74, 6) is 0. The van der Waals surface area contributed by atoms with Crippen molar-refractivity contribution < 1.29 is 4.74 Å². The van der Waals surface area contributed by atoms with E-state index in [1.165, 1.54) is 24.0 Å². The smallest absolute Gasteiger partial charge is 0.123 e. The first-order chi connectivity index (χ1) is 7.27. The van der Waals surface area contributed by atoms with Gasteiger partial charge in [0.1, 0.15) is 6.10 Å². The molecule has 1 heteroatoms. The molecule has 0 aliphatic rings. The Balaban J connectivity index is 2.69. The standard InChI is InChI=1S/C14H20O/c1-4-6-7-14(15-5-2)13-10-8-12(3)9-11-13/h5,8-11,14H,2,4,6-7H2,1,3H3/t14-/m1/s1. The molecule has 1 aromatic carbocycles. The van der Waals surface area contributed by atoms with E-state index in [1.54, 1.807) is 6.26 Å². The van der Waals surface area contributed by atoms with E-state index < -0.39 is 0 Å². The summed E-state index contributed by atoms with van der Waals surface area (Å²) >= 11 is 0. The van der Waals surface area contributed by atoms with E-state index in [0.29, 0.717) is 0 Å². The molecule has 0 N–H and O–H groups in total. The maximum atomic E-state index is 5.53. The predicted octanol–water partition coefficient (Wildman–Crippen LogP) is 4.39. The second-order valence-corrected chi connectivity index (χ2v) is 3.84. The van der Waals surface area contributed by atoms with E-state index in [0.717, 1.165) is 6.42 Å². The van der Waals surface area contributed by atoms with Crippen LogP contribution in [0.5, 0.6) is 0 Å². The molecule has 0 heterocycles. The molecular formula is C14H20O. The van der Waals surface area contributed by atoms with E-state index >= 15 is 0 Å². The molecule has 0 aromatic heterocycles. The van der Waals surface area contributed by atoms with Crippen LogP contribution in [0.4, 0.5) is 0 Å². The number of hydrogen-bond donors (Lipinski definition) is 0. The van der Waals surface area contributed by atoms with Crippen LogP contribution in [0.2, 0.25) is 0 Å². The fraction of sp³-hybridized carbons (Fsp3) is 0.429. The Morgan fingerprint density at radius 3 is 2.53 bits per heavy atom. The topological polar surface area (TPSA) is 9.23 Å². The lowest BCUT2D eigenvalue weighted by Crippen LogP contribution is -2.00. The highest BCUT2D eigenvalue weighted by atomic mass is 16.5. The highest BCUT2D eigenvalue weighted by Gasteiger charge is 2.09. The normalized spacial score (nSPS) is 12.1. The zero-order valence-electron chi connectivity index (χ0n) is 9.70. The molecule has 82 valence electrons. The third-order valence-corrected chi connectivity index (χ3v) is 2.53. The van der Waals surface area contributed by atoms with Crippen LogP contribution in [0, 0.1) is 6.92 Å². The summed E-state index contributed by atoms with van der Waals surface area (Å²) in [6.45, 7) is 7.92. The number of rotatable bonds is 6. The number of aryl methyl sites for hydroxylation is 1. The van der Waals surface area contributed by atoms with Crippen molar-refractivity contribution in [2.75, 3.05) is 0 Å². The molecule has 0 fully saturated rings. The molecule has 0 aliphatic heterocycles. The lowest BCUT2D eigenvalue weighted by atomic mass is 10.0. The molecule has 15 heavy (non-hydrogen) atoms. The molecule has 0 amide bonds. The lowest BCUT2D eigenvalue weighted by Gasteiger charge is -2.16. The first kappa shape index (κ1) is 11.8. The van der Waals surface area contributed by atoms with Gasteiger partial charge in [-0.3, -0.25) is 0 Å². The van der Waals surface area contributed by atoms with Crippen LogP contribution in [0.1, 0.15) is 43.4 Å². The highest BCUT2D eigenvalue weighted by molar-refractivity contribution is 5.23. The molecule has 1 atom stereocenters. The van der Waals surface area contributed by atoms with Gasteiger partial charge >= 0.3 is 0 Å². The van der Waals surface area contributed by atoms with E-state index in [-0.39, 0.29) is 6.10 Å². The first-order valence-corrected chi connectivity index (χ1v) is 5.61. The van der Waals surface area contributed by atoms with Gasteiger partial charge in [0.05, 0.1) is 6.26 Å². The largest absolute Gasteiger partial charge is 0.494 e. The zero-order valence-corrected chi connectivity index (χ0v) is 9.70. The van der Waals surface area contributed by atoms with Crippen molar-refractivity contribution in [1.82, 2.24) is 0 Å². The van der Waals surface area contributed by atoms with Crippen LogP contribution in [0.15, 0.2) is 37.1 Å². The molecule has 0 spiro atoms. The number of ether oxygens (including phenoxy) is 1. The van der Waals surface area contributed by atoms with Gasteiger partial charge in [-0.1, -0.05) is 49.8 Å². The minimum absolute atomic E-state index is 0.169. The Hall–Kier alpha value is -1.24. The van der Waals surface area contributed by atoms with Gasteiger partial charge in [0.25, 0.3) is 0 Å². The Bertz CT molecular complexity index is 287. The first-order valence-electron chi connectivity index (χ1n) is 5.61. The quantitative estimate of drug-likeness (QED) is 0.624. The third kappa shape index (κ3) is 3.78. The van der Waals surface area contributed by atoms with Crippen LogP contribution in [-0.4, -0.2) is 0 Å². The molecule has 0 saturated heterocycles. The van der Waals surface area contributed by atoms with Crippen molar-refractivity contribution >= 4 is 0 Å². The van der Waals surface area contributed by atoms with Gasteiger partial charge < -0.3 is 4.74 Å². The molecule has 1 aromatic rings. The summed E-state index contributed by atoms with van der Waals surface area (Å²) < 4.78 is 5.53. The van der Waals surface area contributed by atoms with Gasteiger partial charge in [-0.15, -0.1) is 0 Å². The molecule has 0 bridgehead atoms. The van der Waals surface area contributed by atoms with Crippen molar-refractivity contribution in [3.63, 3.8) is 0 Å². The number of benzene rings is 1. The summed E-state index contributed by atoms with van der Waals surface area (Å²) in [5, 5.41) is 0. The second-order valence-electron chi connectivity index (χ2n) is 3.84. The SMILES string of the molecule is C=CO[C@H](CCCC)c1ccc(C)cc1. The van der Waals surface area contributed by atoms with Crippen molar-refractivity contribution in [2.24, 2.45) is 0 Å². The summed E-state index contributed by atoms with van der Waals surface area (Å²) in [5.41, 5.74) is 2.53. The van der Waals surface area contributed by atoms with Gasteiger partial charge in [0, 0.05) is 0 Å². The average molecular weight is 204 g/mol. The fourth-order valence-corrected chi connectivity index (χ4v) is 1.60. The van der Waals surface area contributed by atoms with Crippen molar-refractivity contribution in [3.05, 3.63) is 48.2 Å². The van der Waals surface area contributed by atoms with E-state index in [2.05, 4.69) is 44.7 Å². The molecule has 1 nitrogen and oxygen atoms in total. The Labute approximate surface area is 92.8 Å². The van der Waals surface area contributed by atoms with E-state index in [4.69, 9.17) is 4.74 Å². The van der Waals surface area contributed by atoms with Gasteiger partial charge in [-0.2, -0.15) is 0 Å². The minimum atomic E-state index is 0.169. The van der Waals surface area contributed by atoms with Gasteiger partial charge in [-0.25, -0.2) is 0 Å². The summed E-state index contributed by atoms with van der Waals surface area (Å²) in [4.78, 5) is 0. The summed E-state index contributed by atoms with van der Waals surface area (Å²) in [6, 6.07) is 8.53. The average Bonchev–Trinajstić information content (AvgIpc) is 2.25. The minimum Gasteiger partial charge on any atom is -0.494 e.